The molecule has 10 nitrogen and oxygen atoms in total. The van der Waals surface area contributed by atoms with E-state index >= 15 is 0 Å². The molecule has 3 N–H and O–H groups in total. The predicted octanol–water partition coefficient (Wildman–Crippen LogP) is 4.65. The molecule has 0 unspecified atom stereocenters. The third-order valence-corrected chi connectivity index (χ3v) is 7.84. The van der Waals surface area contributed by atoms with Gasteiger partial charge in [0.2, 0.25) is 19.5 Å². The zero-order chi connectivity index (χ0) is 30.1. The summed E-state index contributed by atoms with van der Waals surface area (Å²) in [6.07, 6.45) is 1.06. The topological polar surface area (TPSA) is 125 Å². The van der Waals surface area contributed by atoms with Crippen LogP contribution in [0.4, 0.5) is 10.1 Å². The van der Waals surface area contributed by atoms with Crippen molar-refractivity contribution in [3.05, 3.63) is 65.0 Å². The molecule has 43 heavy (non-hydrogen) atoms. The Morgan fingerprint density at radius 1 is 0.791 bits per heavy atom. The molecule has 3 aromatic rings. The Balaban J connectivity index is 1.60. The highest BCUT2D eigenvalue weighted by atomic mass is 19.1. The van der Waals surface area contributed by atoms with Crippen molar-refractivity contribution < 1.29 is 47.8 Å². The number of aliphatic hydroxyl groups excluding tert-OH is 2. The van der Waals surface area contributed by atoms with E-state index in [1.807, 2.05) is 13.8 Å². The number of hydrogen-bond donors (Lipinski definition) is 3. The van der Waals surface area contributed by atoms with Crippen LogP contribution in [0.2, 0.25) is 0 Å². The molecular weight excluding hydrogens is 561 g/mol. The van der Waals surface area contributed by atoms with Crippen LogP contribution in [-0.2, 0) is 10.2 Å². The van der Waals surface area contributed by atoms with Gasteiger partial charge in [0.15, 0.2) is 23.0 Å². The van der Waals surface area contributed by atoms with Gasteiger partial charge in [0.1, 0.15) is 35.9 Å². The highest BCUT2D eigenvalue weighted by Crippen LogP contribution is 2.57. The summed E-state index contributed by atoms with van der Waals surface area (Å²) in [6.45, 7) is 3.80. The lowest BCUT2D eigenvalue weighted by Crippen LogP contribution is -2.38. The molecule has 1 amide bonds. The quantitative estimate of drug-likeness (QED) is 0.274. The van der Waals surface area contributed by atoms with Gasteiger partial charge in [0.25, 0.3) is 0 Å². The van der Waals surface area contributed by atoms with Crippen LogP contribution in [0.15, 0.2) is 42.5 Å². The second-order valence-corrected chi connectivity index (χ2v) is 10.8. The number of halogens is 1. The summed E-state index contributed by atoms with van der Waals surface area (Å²) in [5.74, 6) is 1.13. The minimum absolute atomic E-state index is 0.0224. The van der Waals surface area contributed by atoms with Gasteiger partial charge in [-0.05, 0) is 37.1 Å². The minimum Gasteiger partial charge on any atom is -0.490 e. The first-order valence-corrected chi connectivity index (χ1v) is 14.5. The lowest BCUT2D eigenvalue weighted by molar-refractivity contribution is -0.118. The molecule has 0 fully saturated rings. The Labute approximate surface area is 248 Å². The van der Waals surface area contributed by atoms with E-state index in [4.69, 9.17) is 28.4 Å². The van der Waals surface area contributed by atoms with E-state index in [1.165, 1.54) is 12.1 Å². The number of rotatable bonds is 12. The molecule has 2 atom stereocenters. The van der Waals surface area contributed by atoms with Crippen LogP contribution in [0.5, 0.6) is 34.5 Å². The van der Waals surface area contributed by atoms with Gasteiger partial charge in [-0.2, -0.15) is 0 Å². The number of anilines is 1. The summed E-state index contributed by atoms with van der Waals surface area (Å²) in [5.41, 5.74) is -0.229. The number of fused-ring (bicyclic) bond motifs is 3. The fourth-order valence-corrected chi connectivity index (χ4v) is 5.84. The minimum atomic E-state index is -1.67. The number of aliphatic hydroxyl groups is 2. The van der Waals surface area contributed by atoms with Crippen LogP contribution in [-0.4, -0.2) is 55.1 Å². The molecule has 0 spiro atoms. The van der Waals surface area contributed by atoms with Gasteiger partial charge in [-0.25, -0.2) is 4.39 Å². The Bertz CT molecular complexity index is 1450. The van der Waals surface area contributed by atoms with Crippen molar-refractivity contribution in [2.45, 2.75) is 57.2 Å². The summed E-state index contributed by atoms with van der Waals surface area (Å²) in [5, 5.41) is 23.9. The average Bonchev–Trinajstić information content (AvgIpc) is 3.71. The second-order valence-electron chi connectivity index (χ2n) is 10.8. The maximum atomic E-state index is 14.5. The lowest BCUT2D eigenvalue weighted by Gasteiger charge is -2.32. The Morgan fingerprint density at radius 3 is 1.77 bits per heavy atom. The standard InChI is InChI=1S/C32H34FNO9/c1-3-5-19(35)14-38-25-12-29-27(40-16-42-29)10-22(25)32(21-8-7-18(33)9-24(21)34-31(32)37)23-11-28-30(43-17-41-28)13-26(23)39-15-20(36)6-4-2/h7-13,19-20,35-36H,3-6,14-17H2,1-2H3,(H,34,37)/t19-,20-/m1/s1. The molecule has 0 saturated heterocycles. The maximum Gasteiger partial charge on any atom is 0.244 e. The van der Waals surface area contributed by atoms with E-state index in [1.54, 1.807) is 30.3 Å². The van der Waals surface area contributed by atoms with Crippen LogP contribution in [0, 0.1) is 5.82 Å². The third-order valence-electron chi connectivity index (χ3n) is 7.84. The normalized spacial score (nSPS) is 16.9. The molecule has 3 aromatic carbocycles. The highest BCUT2D eigenvalue weighted by Gasteiger charge is 2.54. The first kappa shape index (κ1) is 28.9. The summed E-state index contributed by atoms with van der Waals surface area (Å²) in [4.78, 5) is 14.5. The molecule has 0 radical (unpaired) electrons. The fraction of sp³-hybridized carbons (Fsp3) is 0.406. The fourth-order valence-electron chi connectivity index (χ4n) is 5.84. The Hall–Kier alpha value is -4.22. The molecule has 0 bridgehead atoms. The first-order valence-electron chi connectivity index (χ1n) is 14.5. The van der Waals surface area contributed by atoms with Crippen LogP contribution >= 0.6 is 0 Å². The summed E-state index contributed by atoms with van der Waals surface area (Å²) in [6, 6.07) is 10.7. The Morgan fingerprint density at radius 2 is 1.28 bits per heavy atom. The molecule has 228 valence electrons. The largest absolute Gasteiger partial charge is 0.490 e. The van der Waals surface area contributed by atoms with E-state index in [0.717, 1.165) is 12.8 Å². The smallest absolute Gasteiger partial charge is 0.244 e. The molecule has 0 saturated carbocycles. The molecular formula is C32H34FNO9. The van der Waals surface area contributed by atoms with Crippen LogP contribution in [0.25, 0.3) is 0 Å². The van der Waals surface area contributed by atoms with E-state index in [0.29, 0.717) is 52.5 Å². The van der Waals surface area contributed by atoms with Gasteiger partial charge in [-0.15, -0.1) is 0 Å². The van der Waals surface area contributed by atoms with E-state index in [2.05, 4.69) is 5.32 Å². The summed E-state index contributed by atoms with van der Waals surface area (Å²) in [7, 11) is 0. The van der Waals surface area contributed by atoms with E-state index < -0.39 is 29.3 Å². The zero-order valence-corrected chi connectivity index (χ0v) is 24.0. The van der Waals surface area contributed by atoms with E-state index in [9.17, 15) is 19.4 Å². The van der Waals surface area contributed by atoms with Crippen LogP contribution in [0.3, 0.4) is 0 Å². The number of carbonyl (C=O) groups excluding carboxylic acids is 1. The van der Waals surface area contributed by atoms with Crippen molar-refractivity contribution in [2.24, 2.45) is 0 Å². The third kappa shape index (κ3) is 5.16. The summed E-state index contributed by atoms with van der Waals surface area (Å²) >= 11 is 0. The number of nitrogens with one attached hydrogen (secondary N) is 1. The van der Waals surface area contributed by atoms with Gasteiger partial charge < -0.3 is 44.0 Å². The van der Waals surface area contributed by atoms with E-state index in [-0.39, 0.29) is 44.0 Å². The Kier molecular flexibility index (Phi) is 7.93. The first-order chi connectivity index (χ1) is 20.8. The van der Waals surface area contributed by atoms with Gasteiger partial charge in [0, 0.05) is 34.5 Å². The lowest BCUT2D eigenvalue weighted by atomic mass is 9.69. The van der Waals surface area contributed by atoms with Crippen molar-refractivity contribution in [2.75, 3.05) is 32.1 Å². The van der Waals surface area contributed by atoms with Crippen molar-refractivity contribution in [1.29, 1.82) is 0 Å². The van der Waals surface area contributed by atoms with Crippen molar-refractivity contribution in [1.82, 2.24) is 0 Å². The number of hydrogen-bond acceptors (Lipinski definition) is 9. The molecule has 0 aromatic heterocycles. The van der Waals surface area contributed by atoms with Gasteiger partial charge in [-0.3, -0.25) is 4.79 Å². The SMILES string of the molecule is CCC[C@@H](O)COc1cc2c(cc1C1(c3cc4c(cc3OC[C@H](O)CCC)OCO4)C(=O)Nc3cc(F)ccc31)OCO2. The van der Waals surface area contributed by atoms with Gasteiger partial charge in [0.05, 0.1) is 12.2 Å². The molecule has 3 heterocycles. The highest BCUT2D eigenvalue weighted by molar-refractivity contribution is 6.12. The van der Waals surface area contributed by atoms with Crippen molar-refractivity contribution in [3.8, 4) is 34.5 Å². The van der Waals surface area contributed by atoms with Gasteiger partial charge in [-0.1, -0.05) is 32.8 Å². The van der Waals surface area contributed by atoms with Crippen LogP contribution < -0.4 is 33.7 Å². The second kappa shape index (κ2) is 11.8. The molecule has 0 aliphatic carbocycles. The maximum absolute atomic E-state index is 14.5. The molecule has 11 heteroatoms. The number of benzene rings is 3. The summed E-state index contributed by atoms with van der Waals surface area (Å²) < 4.78 is 49.6. The van der Waals surface area contributed by atoms with Crippen LogP contribution in [0.1, 0.15) is 56.2 Å². The molecule has 6 rings (SSSR count). The number of amides is 1. The number of carbonyl (C=O) groups is 1. The van der Waals surface area contributed by atoms with Crippen molar-refractivity contribution >= 4 is 11.6 Å². The predicted molar refractivity (Wildman–Crippen MR) is 153 cm³/mol. The molecule has 3 aliphatic heterocycles. The average molecular weight is 596 g/mol. The van der Waals surface area contributed by atoms with Gasteiger partial charge >= 0.3 is 0 Å². The zero-order valence-electron chi connectivity index (χ0n) is 24.0. The number of ether oxygens (including phenoxy) is 6. The monoisotopic (exact) mass is 595 g/mol. The van der Waals surface area contributed by atoms with Crippen molar-refractivity contribution in [3.63, 3.8) is 0 Å². The molecule has 3 aliphatic rings.